The van der Waals surface area contributed by atoms with Crippen molar-refractivity contribution < 1.29 is 0 Å². The van der Waals surface area contributed by atoms with Crippen molar-refractivity contribution in [2.24, 2.45) is 0 Å². The standard InChI is InChI=1S/C8H10N2/c1-7-2-4-10-5-3-9-8(10)6-7/h2-6,8-9H,1H3. The van der Waals surface area contributed by atoms with Gasteiger partial charge < -0.3 is 10.2 Å². The number of nitrogens with one attached hydrogen (secondary N) is 1. The molecule has 0 amide bonds. The van der Waals surface area contributed by atoms with Crippen molar-refractivity contribution in [3.05, 3.63) is 36.3 Å². The molecule has 2 rings (SSSR count). The number of allylic oxidation sites excluding steroid dienone is 2. The van der Waals surface area contributed by atoms with E-state index in [1.165, 1.54) is 5.57 Å². The monoisotopic (exact) mass is 134 g/mol. The van der Waals surface area contributed by atoms with Crippen molar-refractivity contribution in [2.75, 3.05) is 0 Å². The van der Waals surface area contributed by atoms with Crippen LogP contribution in [-0.2, 0) is 0 Å². The predicted molar refractivity (Wildman–Crippen MR) is 40.8 cm³/mol. The summed E-state index contributed by atoms with van der Waals surface area (Å²) in [5, 5.41) is 3.21. The molecule has 1 N–H and O–H groups in total. The fourth-order valence-electron chi connectivity index (χ4n) is 1.19. The average molecular weight is 134 g/mol. The topological polar surface area (TPSA) is 15.3 Å². The van der Waals surface area contributed by atoms with Crippen molar-refractivity contribution >= 4 is 0 Å². The van der Waals surface area contributed by atoms with Gasteiger partial charge in [-0.2, -0.15) is 0 Å². The van der Waals surface area contributed by atoms with E-state index in [-0.39, 0.29) is 0 Å². The first-order valence-corrected chi connectivity index (χ1v) is 3.43. The number of nitrogens with zero attached hydrogens (tertiary/aromatic N) is 1. The Labute approximate surface area is 60.5 Å². The van der Waals surface area contributed by atoms with E-state index in [4.69, 9.17) is 0 Å². The van der Waals surface area contributed by atoms with Crippen LogP contribution in [0.1, 0.15) is 6.92 Å². The summed E-state index contributed by atoms with van der Waals surface area (Å²) in [6.45, 7) is 2.10. The highest BCUT2D eigenvalue weighted by atomic mass is 15.3. The molecule has 0 fully saturated rings. The van der Waals surface area contributed by atoms with E-state index < -0.39 is 0 Å². The lowest BCUT2D eigenvalue weighted by atomic mass is 10.2. The molecule has 2 heteroatoms. The molecule has 10 heavy (non-hydrogen) atoms. The number of hydrogen-bond acceptors (Lipinski definition) is 2. The zero-order valence-electron chi connectivity index (χ0n) is 5.91. The molecule has 0 aliphatic carbocycles. The number of hydrogen-bond donors (Lipinski definition) is 1. The summed E-state index contributed by atoms with van der Waals surface area (Å²) >= 11 is 0. The van der Waals surface area contributed by atoms with E-state index in [1.54, 1.807) is 0 Å². The molecule has 2 nitrogen and oxygen atoms in total. The summed E-state index contributed by atoms with van der Waals surface area (Å²) in [6.07, 6.45) is 10.7. The van der Waals surface area contributed by atoms with Crippen LogP contribution in [-0.4, -0.2) is 11.1 Å². The highest BCUT2D eigenvalue weighted by Crippen LogP contribution is 2.14. The Morgan fingerprint density at radius 3 is 3.30 bits per heavy atom. The Morgan fingerprint density at radius 1 is 1.50 bits per heavy atom. The lowest BCUT2D eigenvalue weighted by Gasteiger charge is -2.22. The van der Waals surface area contributed by atoms with Gasteiger partial charge in [0.1, 0.15) is 6.17 Å². The third-order valence-corrected chi connectivity index (χ3v) is 1.77. The van der Waals surface area contributed by atoms with Crippen LogP contribution in [0.5, 0.6) is 0 Å². The van der Waals surface area contributed by atoms with Gasteiger partial charge in [0.2, 0.25) is 0 Å². The van der Waals surface area contributed by atoms with Crippen LogP contribution in [0, 0.1) is 0 Å². The predicted octanol–water partition coefficient (Wildman–Crippen LogP) is 1.16. The number of fused-ring (bicyclic) bond motifs is 1. The molecule has 2 aliphatic rings. The maximum Gasteiger partial charge on any atom is 0.122 e. The van der Waals surface area contributed by atoms with Crippen LogP contribution in [0.2, 0.25) is 0 Å². The van der Waals surface area contributed by atoms with Crippen molar-refractivity contribution in [1.82, 2.24) is 10.2 Å². The molecule has 0 saturated heterocycles. The molecule has 2 aliphatic heterocycles. The van der Waals surface area contributed by atoms with E-state index in [0.717, 1.165) is 0 Å². The van der Waals surface area contributed by atoms with E-state index in [1.807, 2.05) is 12.4 Å². The van der Waals surface area contributed by atoms with Crippen molar-refractivity contribution in [2.45, 2.75) is 13.1 Å². The number of rotatable bonds is 0. The van der Waals surface area contributed by atoms with Crippen LogP contribution >= 0.6 is 0 Å². The zero-order valence-corrected chi connectivity index (χ0v) is 5.91. The molecule has 1 unspecified atom stereocenters. The first-order valence-electron chi connectivity index (χ1n) is 3.43. The summed E-state index contributed by atoms with van der Waals surface area (Å²) in [7, 11) is 0. The van der Waals surface area contributed by atoms with Gasteiger partial charge in [0, 0.05) is 18.6 Å². The molecule has 2 heterocycles. The fourth-order valence-corrected chi connectivity index (χ4v) is 1.19. The second kappa shape index (κ2) is 1.90. The molecule has 0 aromatic heterocycles. The first-order chi connectivity index (χ1) is 4.86. The molecule has 1 atom stereocenters. The molecule has 52 valence electrons. The summed E-state index contributed by atoms with van der Waals surface area (Å²) in [6, 6.07) is 0. The smallest absolute Gasteiger partial charge is 0.122 e. The minimum Gasteiger partial charge on any atom is -0.366 e. The maximum atomic E-state index is 3.21. The summed E-state index contributed by atoms with van der Waals surface area (Å²) in [4.78, 5) is 2.13. The first kappa shape index (κ1) is 5.59. The summed E-state index contributed by atoms with van der Waals surface area (Å²) in [5.74, 6) is 0. The van der Waals surface area contributed by atoms with Gasteiger partial charge in [-0.3, -0.25) is 0 Å². The molecule has 0 aromatic carbocycles. The molecule has 0 saturated carbocycles. The Hall–Kier alpha value is -1.18. The van der Waals surface area contributed by atoms with Gasteiger partial charge in [0.15, 0.2) is 0 Å². The Balaban J connectivity index is 2.25. The molecule has 0 bridgehead atoms. The molecule has 0 radical (unpaired) electrons. The third-order valence-electron chi connectivity index (χ3n) is 1.77. The molecular formula is C8H10N2. The van der Waals surface area contributed by atoms with E-state index >= 15 is 0 Å². The lowest BCUT2D eigenvalue weighted by molar-refractivity contribution is 0.423. The molecule has 0 spiro atoms. The molecule has 0 aromatic rings. The van der Waals surface area contributed by atoms with Gasteiger partial charge in [-0.15, -0.1) is 0 Å². The third kappa shape index (κ3) is 0.727. The Morgan fingerprint density at radius 2 is 2.40 bits per heavy atom. The van der Waals surface area contributed by atoms with Crippen molar-refractivity contribution in [3.8, 4) is 0 Å². The summed E-state index contributed by atoms with van der Waals surface area (Å²) < 4.78 is 0. The minimum absolute atomic E-state index is 0.366. The quantitative estimate of drug-likeness (QED) is 0.535. The van der Waals surface area contributed by atoms with Gasteiger partial charge in [0.05, 0.1) is 0 Å². The van der Waals surface area contributed by atoms with Gasteiger partial charge in [-0.05, 0) is 24.6 Å². The normalized spacial score (nSPS) is 27.9. The summed E-state index contributed by atoms with van der Waals surface area (Å²) in [5.41, 5.74) is 1.32. The van der Waals surface area contributed by atoms with Gasteiger partial charge in [-0.1, -0.05) is 0 Å². The second-order valence-corrected chi connectivity index (χ2v) is 2.60. The van der Waals surface area contributed by atoms with Crippen LogP contribution in [0.3, 0.4) is 0 Å². The maximum absolute atomic E-state index is 3.21. The van der Waals surface area contributed by atoms with Crippen LogP contribution in [0.25, 0.3) is 0 Å². The average Bonchev–Trinajstić information content (AvgIpc) is 2.33. The van der Waals surface area contributed by atoms with Crippen molar-refractivity contribution in [3.63, 3.8) is 0 Å². The Bertz CT molecular complexity index is 225. The lowest BCUT2D eigenvalue weighted by Crippen LogP contribution is -2.31. The van der Waals surface area contributed by atoms with Crippen LogP contribution in [0.15, 0.2) is 36.3 Å². The van der Waals surface area contributed by atoms with E-state index in [0.29, 0.717) is 6.17 Å². The highest BCUT2D eigenvalue weighted by Gasteiger charge is 2.15. The second-order valence-electron chi connectivity index (χ2n) is 2.60. The van der Waals surface area contributed by atoms with Gasteiger partial charge in [0.25, 0.3) is 0 Å². The van der Waals surface area contributed by atoms with Crippen molar-refractivity contribution in [1.29, 1.82) is 0 Å². The Kier molecular flexibility index (Phi) is 1.07. The minimum atomic E-state index is 0.366. The van der Waals surface area contributed by atoms with E-state index in [2.05, 4.69) is 35.5 Å². The SMILES string of the molecule is CC1=CC2NC=CN2C=C1. The molecular weight excluding hydrogens is 124 g/mol. The van der Waals surface area contributed by atoms with E-state index in [9.17, 15) is 0 Å². The zero-order chi connectivity index (χ0) is 6.97. The van der Waals surface area contributed by atoms with Gasteiger partial charge >= 0.3 is 0 Å². The highest BCUT2D eigenvalue weighted by molar-refractivity contribution is 5.26. The van der Waals surface area contributed by atoms with Crippen LogP contribution in [0.4, 0.5) is 0 Å². The van der Waals surface area contributed by atoms with Gasteiger partial charge in [-0.25, -0.2) is 0 Å². The van der Waals surface area contributed by atoms with Crippen LogP contribution < -0.4 is 5.32 Å². The largest absolute Gasteiger partial charge is 0.366 e. The fraction of sp³-hybridized carbons (Fsp3) is 0.250.